The number of imidazole rings is 1. The van der Waals surface area contributed by atoms with E-state index in [1.807, 2.05) is 22.7 Å². The van der Waals surface area contributed by atoms with E-state index in [1.54, 1.807) is 12.3 Å². The van der Waals surface area contributed by atoms with E-state index < -0.39 is 12.5 Å². The van der Waals surface area contributed by atoms with E-state index in [1.165, 1.54) is 18.7 Å². The summed E-state index contributed by atoms with van der Waals surface area (Å²) in [5.41, 5.74) is 3.15. The summed E-state index contributed by atoms with van der Waals surface area (Å²) < 4.78 is 38.4. The minimum absolute atomic E-state index is 0.0347. The Bertz CT molecular complexity index is 1180. The van der Waals surface area contributed by atoms with Crippen molar-refractivity contribution in [3.05, 3.63) is 47.8 Å². The zero-order valence-electron chi connectivity index (χ0n) is 17.8. The van der Waals surface area contributed by atoms with Gasteiger partial charge in [0.1, 0.15) is 22.7 Å². The van der Waals surface area contributed by atoms with Gasteiger partial charge in [0, 0.05) is 30.4 Å². The third-order valence-electron chi connectivity index (χ3n) is 6.15. The summed E-state index contributed by atoms with van der Waals surface area (Å²) in [7, 11) is 3.49. The number of benzene rings is 1. The molecule has 1 atom stereocenters. The smallest absolute Gasteiger partial charge is 0.387 e. The Morgan fingerprint density at radius 1 is 1.22 bits per heavy atom. The predicted molar refractivity (Wildman–Crippen MR) is 114 cm³/mol. The Hall–Kier alpha value is -3.20. The van der Waals surface area contributed by atoms with Crippen molar-refractivity contribution < 1.29 is 23.0 Å². The molecule has 1 N–H and O–H groups in total. The minimum Gasteiger partial charge on any atom is -0.496 e. The van der Waals surface area contributed by atoms with Crippen molar-refractivity contribution in [1.29, 1.82) is 0 Å². The molecular formula is C23H24F2N4O3. The van der Waals surface area contributed by atoms with E-state index in [9.17, 15) is 13.6 Å². The first-order valence-corrected chi connectivity index (χ1v) is 10.6. The van der Waals surface area contributed by atoms with Crippen LogP contribution in [0.25, 0.3) is 16.9 Å². The van der Waals surface area contributed by atoms with Crippen molar-refractivity contribution in [2.24, 2.45) is 0 Å². The molecule has 0 radical (unpaired) electrons. The number of hydrogen-bond donors (Lipinski definition) is 1. The van der Waals surface area contributed by atoms with Crippen LogP contribution in [0, 0.1) is 0 Å². The van der Waals surface area contributed by atoms with Gasteiger partial charge >= 0.3 is 6.61 Å². The van der Waals surface area contributed by atoms with Crippen LogP contribution >= 0.6 is 0 Å². The van der Waals surface area contributed by atoms with E-state index in [2.05, 4.69) is 22.2 Å². The number of pyridine rings is 1. The molecule has 1 aliphatic carbocycles. The Labute approximate surface area is 183 Å². The van der Waals surface area contributed by atoms with Gasteiger partial charge in [-0.15, -0.1) is 0 Å². The summed E-state index contributed by atoms with van der Waals surface area (Å²) in [6.45, 7) is -2.00. The Morgan fingerprint density at radius 2 is 2.00 bits per heavy atom. The third kappa shape index (κ3) is 3.77. The van der Waals surface area contributed by atoms with Gasteiger partial charge in [0.2, 0.25) is 0 Å². The zero-order valence-corrected chi connectivity index (χ0v) is 17.8. The molecule has 3 heterocycles. The van der Waals surface area contributed by atoms with E-state index in [4.69, 9.17) is 9.47 Å². The number of carbonyl (C=O) groups excluding carboxylic acids is 1. The van der Waals surface area contributed by atoms with Gasteiger partial charge in [0.25, 0.3) is 5.91 Å². The molecule has 1 aliphatic heterocycles. The fourth-order valence-electron chi connectivity index (χ4n) is 4.15. The first kappa shape index (κ1) is 20.7. The van der Waals surface area contributed by atoms with Crippen LogP contribution in [0.4, 0.5) is 8.78 Å². The monoisotopic (exact) mass is 442 g/mol. The largest absolute Gasteiger partial charge is 0.496 e. The topological polar surface area (TPSA) is 68.1 Å². The number of carbonyl (C=O) groups is 1. The van der Waals surface area contributed by atoms with Gasteiger partial charge in [-0.05, 0) is 56.1 Å². The number of fused-ring (bicyclic) bond motifs is 1. The number of amides is 1. The molecular weight excluding hydrogens is 418 g/mol. The van der Waals surface area contributed by atoms with E-state index in [0.717, 1.165) is 31.5 Å². The van der Waals surface area contributed by atoms with E-state index >= 15 is 0 Å². The number of ether oxygens (including phenoxy) is 2. The van der Waals surface area contributed by atoms with Gasteiger partial charge < -0.3 is 14.8 Å². The van der Waals surface area contributed by atoms with Gasteiger partial charge in [-0.2, -0.15) is 8.78 Å². The van der Waals surface area contributed by atoms with Crippen molar-refractivity contribution in [2.75, 3.05) is 20.7 Å². The fraction of sp³-hybridized carbons (Fsp3) is 0.391. The molecule has 1 saturated heterocycles. The molecule has 9 heteroatoms. The van der Waals surface area contributed by atoms with Crippen LogP contribution in [0.3, 0.4) is 0 Å². The number of likely N-dealkylation sites (tertiary alicyclic amines) is 1. The summed E-state index contributed by atoms with van der Waals surface area (Å²) in [6, 6.07) is 7.62. The first-order valence-electron chi connectivity index (χ1n) is 10.6. The molecule has 0 bridgehead atoms. The second-order valence-corrected chi connectivity index (χ2v) is 8.29. The number of halogens is 2. The molecule has 0 spiro atoms. The molecule has 2 aromatic heterocycles. The zero-order chi connectivity index (χ0) is 22.4. The highest BCUT2D eigenvalue weighted by molar-refractivity contribution is 6.01. The van der Waals surface area contributed by atoms with Crippen LogP contribution in [0.1, 0.15) is 41.2 Å². The average molecular weight is 442 g/mol. The van der Waals surface area contributed by atoms with Gasteiger partial charge in [0.15, 0.2) is 0 Å². The molecule has 1 amide bonds. The second kappa shape index (κ2) is 8.05. The Kier molecular flexibility index (Phi) is 5.21. The van der Waals surface area contributed by atoms with Crippen LogP contribution in [0.15, 0.2) is 36.7 Å². The summed E-state index contributed by atoms with van der Waals surface area (Å²) in [6.07, 6.45) is 6.45. The summed E-state index contributed by atoms with van der Waals surface area (Å²) in [4.78, 5) is 19.5. The lowest BCUT2D eigenvalue weighted by molar-refractivity contribution is -0.0502. The molecule has 168 valence electrons. The highest BCUT2D eigenvalue weighted by atomic mass is 19.3. The highest BCUT2D eigenvalue weighted by Crippen LogP contribution is 2.38. The number of hydrogen-bond acceptors (Lipinski definition) is 5. The van der Waals surface area contributed by atoms with Gasteiger partial charge in [-0.25, -0.2) is 4.98 Å². The molecule has 7 nitrogen and oxygen atoms in total. The number of nitrogens with one attached hydrogen (secondary N) is 1. The third-order valence-corrected chi connectivity index (χ3v) is 6.15. The predicted octanol–water partition coefficient (Wildman–Crippen LogP) is 3.88. The van der Waals surface area contributed by atoms with Crippen molar-refractivity contribution in [3.8, 4) is 22.8 Å². The SMILES string of the molecule is COc1cc(-c2cnc3cc(C4CCN4C)ccn23)cc(OC(F)F)c1C(=O)NC1CC1. The van der Waals surface area contributed by atoms with Gasteiger partial charge in [-0.1, -0.05) is 0 Å². The number of methoxy groups -OCH3 is 1. The van der Waals surface area contributed by atoms with Crippen molar-refractivity contribution in [1.82, 2.24) is 19.6 Å². The normalized spacial score (nSPS) is 18.6. The maximum Gasteiger partial charge on any atom is 0.387 e. The lowest BCUT2D eigenvalue weighted by Crippen LogP contribution is -2.37. The second-order valence-electron chi connectivity index (χ2n) is 8.29. The summed E-state index contributed by atoms with van der Waals surface area (Å²) >= 11 is 0. The van der Waals surface area contributed by atoms with Gasteiger partial charge in [-0.3, -0.25) is 14.1 Å². The maximum absolute atomic E-state index is 13.2. The number of alkyl halides is 2. The summed E-state index contributed by atoms with van der Waals surface area (Å²) in [5.74, 6) is -0.548. The highest BCUT2D eigenvalue weighted by Gasteiger charge is 2.29. The van der Waals surface area contributed by atoms with Crippen LogP contribution in [0.5, 0.6) is 11.5 Å². The molecule has 1 saturated carbocycles. The van der Waals surface area contributed by atoms with Crippen LogP contribution < -0.4 is 14.8 Å². The van der Waals surface area contributed by atoms with Gasteiger partial charge in [0.05, 0.1) is 19.0 Å². The van der Waals surface area contributed by atoms with E-state index in [-0.39, 0.29) is 23.1 Å². The lowest BCUT2D eigenvalue weighted by atomic mass is 9.96. The van der Waals surface area contributed by atoms with Crippen LogP contribution in [0.2, 0.25) is 0 Å². The number of aromatic nitrogens is 2. The standard InChI is InChI=1S/C23H24F2N4O3/c1-28-7-6-16(28)13-5-8-29-17(12-26-20(29)11-13)14-9-18(31-2)21(19(10-14)32-23(24)25)22(30)27-15-3-4-15/h5,8-12,15-16,23H,3-4,6-7H2,1-2H3,(H,27,30). The molecule has 2 fully saturated rings. The molecule has 1 aromatic carbocycles. The van der Waals surface area contributed by atoms with Crippen molar-refractivity contribution in [2.45, 2.75) is 38.0 Å². The Morgan fingerprint density at radius 3 is 2.62 bits per heavy atom. The minimum atomic E-state index is -3.08. The number of rotatable bonds is 7. The fourth-order valence-corrected chi connectivity index (χ4v) is 4.15. The van der Waals surface area contributed by atoms with E-state index in [0.29, 0.717) is 17.3 Å². The van der Waals surface area contributed by atoms with Crippen LogP contribution in [-0.4, -0.2) is 53.5 Å². The molecule has 3 aromatic rings. The first-order chi connectivity index (χ1) is 15.4. The molecule has 1 unspecified atom stereocenters. The maximum atomic E-state index is 13.2. The average Bonchev–Trinajstić information content (AvgIpc) is 3.46. The Balaban J connectivity index is 1.56. The van der Waals surface area contributed by atoms with Crippen LogP contribution in [-0.2, 0) is 0 Å². The molecule has 5 rings (SSSR count). The van der Waals surface area contributed by atoms with Crippen molar-refractivity contribution >= 4 is 11.6 Å². The summed E-state index contributed by atoms with van der Waals surface area (Å²) in [5, 5.41) is 2.81. The molecule has 32 heavy (non-hydrogen) atoms. The number of nitrogens with zero attached hydrogens (tertiary/aromatic N) is 3. The van der Waals surface area contributed by atoms with Crippen molar-refractivity contribution in [3.63, 3.8) is 0 Å². The lowest BCUT2D eigenvalue weighted by Gasteiger charge is -2.38. The molecule has 2 aliphatic rings. The quantitative estimate of drug-likeness (QED) is 0.602.